The Balaban J connectivity index is 1.38. The van der Waals surface area contributed by atoms with Gasteiger partial charge < -0.3 is 14.4 Å². The number of fused-ring (bicyclic) bond motifs is 1. The van der Waals surface area contributed by atoms with Crippen molar-refractivity contribution in [3.05, 3.63) is 59.1 Å². The van der Waals surface area contributed by atoms with Crippen molar-refractivity contribution in [2.24, 2.45) is 0 Å². The van der Waals surface area contributed by atoms with Crippen LogP contribution in [0.4, 0.5) is 0 Å². The van der Waals surface area contributed by atoms with Crippen LogP contribution in [0, 0.1) is 0 Å². The van der Waals surface area contributed by atoms with Gasteiger partial charge in [0.05, 0.1) is 29.4 Å². The molecule has 6 heteroatoms. The van der Waals surface area contributed by atoms with E-state index in [1.54, 1.807) is 37.7 Å². The Kier molecular flexibility index (Phi) is 5.81. The van der Waals surface area contributed by atoms with Crippen molar-refractivity contribution < 1.29 is 14.3 Å². The van der Waals surface area contributed by atoms with Gasteiger partial charge in [-0.25, -0.2) is 4.98 Å². The lowest BCUT2D eigenvalue weighted by atomic mass is 9.97. The molecule has 0 radical (unpaired) electrons. The third kappa shape index (κ3) is 4.27. The summed E-state index contributed by atoms with van der Waals surface area (Å²) >= 11 is 1.78. The fourth-order valence-electron chi connectivity index (χ4n) is 3.63. The largest absolute Gasteiger partial charge is 0.497 e. The van der Waals surface area contributed by atoms with Gasteiger partial charge in [-0.15, -0.1) is 11.3 Å². The second kappa shape index (κ2) is 8.66. The molecule has 1 aliphatic rings. The van der Waals surface area contributed by atoms with Crippen LogP contribution in [-0.4, -0.2) is 43.1 Å². The first-order chi connectivity index (χ1) is 14.2. The highest BCUT2D eigenvalue weighted by atomic mass is 32.1. The van der Waals surface area contributed by atoms with Gasteiger partial charge in [-0.05, 0) is 43.2 Å². The quantitative estimate of drug-likeness (QED) is 0.573. The molecule has 1 aromatic heterocycles. The van der Waals surface area contributed by atoms with E-state index in [0.29, 0.717) is 11.7 Å². The van der Waals surface area contributed by atoms with Gasteiger partial charge in [-0.2, -0.15) is 0 Å². The van der Waals surface area contributed by atoms with Crippen LogP contribution in [0.1, 0.15) is 29.3 Å². The van der Waals surface area contributed by atoms with E-state index in [4.69, 9.17) is 14.5 Å². The second-order valence-corrected chi connectivity index (χ2v) is 8.12. The van der Waals surface area contributed by atoms with E-state index in [-0.39, 0.29) is 5.91 Å². The van der Waals surface area contributed by atoms with Gasteiger partial charge in [0.1, 0.15) is 11.5 Å². The zero-order valence-corrected chi connectivity index (χ0v) is 17.4. The smallest absolute Gasteiger partial charge is 0.246 e. The van der Waals surface area contributed by atoms with E-state index in [2.05, 4.69) is 18.2 Å². The zero-order chi connectivity index (χ0) is 20.2. The molecule has 4 rings (SSSR count). The number of benzene rings is 2. The molecule has 5 nitrogen and oxygen atoms in total. The van der Waals surface area contributed by atoms with Gasteiger partial charge in [0, 0.05) is 36.7 Å². The fourth-order valence-corrected chi connectivity index (χ4v) is 4.77. The molecule has 0 saturated carbocycles. The molecule has 0 spiro atoms. The molecular formula is C23H24N2O3S. The highest BCUT2D eigenvalue weighted by Crippen LogP contribution is 2.34. The molecule has 1 aliphatic heterocycles. The summed E-state index contributed by atoms with van der Waals surface area (Å²) in [6.07, 6.45) is 5.33. The lowest BCUT2D eigenvalue weighted by Gasteiger charge is -2.30. The molecule has 150 valence electrons. The molecule has 1 fully saturated rings. The summed E-state index contributed by atoms with van der Waals surface area (Å²) in [5.74, 6) is 1.87. The SMILES string of the molecule is COc1ccc(/C=C/C(=O)N2CCC(c3nc4ccccc4s3)CC2)c(OC)c1. The number of rotatable bonds is 5. The number of likely N-dealkylation sites (tertiary alicyclic amines) is 1. The molecule has 0 aliphatic carbocycles. The maximum absolute atomic E-state index is 12.6. The highest BCUT2D eigenvalue weighted by molar-refractivity contribution is 7.18. The second-order valence-electron chi connectivity index (χ2n) is 7.06. The van der Waals surface area contributed by atoms with E-state index in [0.717, 1.165) is 42.8 Å². The lowest BCUT2D eigenvalue weighted by Crippen LogP contribution is -2.36. The van der Waals surface area contributed by atoms with Crippen LogP contribution in [0.15, 0.2) is 48.5 Å². The number of thiazole rings is 1. The Morgan fingerprint density at radius 1 is 1.14 bits per heavy atom. The zero-order valence-electron chi connectivity index (χ0n) is 16.6. The minimum atomic E-state index is 0.0330. The monoisotopic (exact) mass is 408 g/mol. The van der Waals surface area contributed by atoms with Crippen LogP contribution in [0.3, 0.4) is 0 Å². The number of amides is 1. The van der Waals surface area contributed by atoms with Crippen molar-refractivity contribution in [3.63, 3.8) is 0 Å². The minimum Gasteiger partial charge on any atom is -0.497 e. The Bertz CT molecular complexity index is 1000. The number of nitrogens with zero attached hydrogens (tertiary/aromatic N) is 2. The van der Waals surface area contributed by atoms with Crippen LogP contribution in [0.2, 0.25) is 0 Å². The van der Waals surface area contributed by atoms with Crippen molar-refractivity contribution >= 4 is 33.5 Å². The predicted octanol–water partition coefficient (Wildman–Crippen LogP) is 4.73. The average molecular weight is 409 g/mol. The molecule has 2 aromatic carbocycles. The topological polar surface area (TPSA) is 51.7 Å². The van der Waals surface area contributed by atoms with Crippen LogP contribution in [0.25, 0.3) is 16.3 Å². The van der Waals surface area contributed by atoms with Gasteiger partial charge in [-0.3, -0.25) is 4.79 Å². The molecular weight excluding hydrogens is 384 g/mol. The number of hydrogen-bond acceptors (Lipinski definition) is 5. The molecule has 29 heavy (non-hydrogen) atoms. The minimum absolute atomic E-state index is 0.0330. The van der Waals surface area contributed by atoms with E-state index < -0.39 is 0 Å². The van der Waals surface area contributed by atoms with Crippen molar-refractivity contribution in [1.29, 1.82) is 0 Å². The summed E-state index contributed by atoms with van der Waals surface area (Å²) in [6, 6.07) is 13.8. The number of aromatic nitrogens is 1. The summed E-state index contributed by atoms with van der Waals surface area (Å²) in [5.41, 5.74) is 1.92. The molecule has 1 saturated heterocycles. The third-order valence-electron chi connectivity index (χ3n) is 5.31. The van der Waals surface area contributed by atoms with E-state index >= 15 is 0 Å². The van der Waals surface area contributed by atoms with E-state index in [9.17, 15) is 4.79 Å². The van der Waals surface area contributed by atoms with Gasteiger partial charge in [0.25, 0.3) is 0 Å². The number of ether oxygens (including phenoxy) is 2. The first-order valence-corrected chi connectivity index (χ1v) is 10.5. The molecule has 2 heterocycles. The first-order valence-electron chi connectivity index (χ1n) is 9.72. The first kappa shape index (κ1) is 19.5. The molecule has 3 aromatic rings. The number of carbonyl (C=O) groups excluding carboxylic acids is 1. The maximum Gasteiger partial charge on any atom is 0.246 e. The Morgan fingerprint density at radius 3 is 2.66 bits per heavy atom. The standard InChI is InChI=1S/C23H24N2O3S/c1-27-18-9-7-16(20(15-18)28-2)8-10-22(26)25-13-11-17(12-14-25)23-24-19-5-3-4-6-21(19)29-23/h3-10,15,17H,11-14H2,1-2H3/b10-8+. The summed E-state index contributed by atoms with van der Waals surface area (Å²) in [7, 11) is 3.23. The molecule has 0 N–H and O–H groups in total. The van der Waals surface area contributed by atoms with E-state index in [1.807, 2.05) is 29.2 Å². The van der Waals surface area contributed by atoms with Gasteiger partial charge >= 0.3 is 0 Å². The highest BCUT2D eigenvalue weighted by Gasteiger charge is 2.25. The number of para-hydroxylation sites is 1. The van der Waals surface area contributed by atoms with Gasteiger partial charge in [-0.1, -0.05) is 12.1 Å². The third-order valence-corrected chi connectivity index (χ3v) is 6.51. The summed E-state index contributed by atoms with van der Waals surface area (Å²) in [6.45, 7) is 1.51. The van der Waals surface area contributed by atoms with Crippen LogP contribution >= 0.6 is 11.3 Å². The Hall–Kier alpha value is -2.86. The molecule has 0 atom stereocenters. The van der Waals surface area contributed by atoms with Crippen LogP contribution < -0.4 is 9.47 Å². The summed E-state index contributed by atoms with van der Waals surface area (Å²) in [5, 5.41) is 1.19. The lowest BCUT2D eigenvalue weighted by molar-refractivity contribution is -0.126. The number of hydrogen-bond donors (Lipinski definition) is 0. The van der Waals surface area contributed by atoms with Crippen LogP contribution in [0.5, 0.6) is 11.5 Å². The van der Waals surface area contributed by atoms with Crippen LogP contribution in [-0.2, 0) is 4.79 Å². The summed E-state index contributed by atoms with van der Waals surface area (Å²) < 4.78 is 11.8. The van der Waals surface area contributed by atoms with Crippen molar-refractivity contribution in [3.8, 4) is 11.5 Å². The maximum atomic E-state index is 12.6. The normalized spacial score (nSPS) is 15.2. The fraction of sp³-hybridized carbons (Fsp3) is 0.304. The summed E-state index contributed by atoms with van der Waals surface area (Å²) in [4.78, 5) is 19.3. The van der Waals surface area contributed by atoms with Crippen molar-refractivity contribution in [1.82, 2.24) is 9.88 Å². The predicted molar refractivity (Wildman–Crippen MR) is 117 cm³/mol. The average Bonchev–Trinajstić information content (AvgIpc) is 3.21. The number of piperidine rings is 1. The van der Waals surface area contributed by atoms with E-state index in [1.165, 1.54) is 9.71 Å². The van der Waals surface area contributed by atoms with Crippen molar-refractivity contribution in [2.45, 2.75) is 18.8 Å². The number of methoxy groups -OCH3 is 2. The Morgan fingerprint density at radius 2 is 1.93 bits per heavy atom. The molecule has 1 amide bonds. The van der Waals surface area contributed by atoms with Crippen molar-refractivity contribution in [2.75, 3.05) is 27.3 Å². The Labute approximate surface area is 174 Å². The molecule has 0 unspecified atom stereocenters. The van der Waals surface area contributed by atoms with Gasteiger partial charge in [0.15, 0.2) is 0 Å². The molecule has 0 bridgehead atoms. The number of carbonyl (C=O) groups is 1. The van der Waals surface area contributed by atoms with Gasteiger partial charge in [0.2, 0.25) is 5.91 Å².